The van der Waals surface area contributed by atoms with Crippen molar-refractivity contribution < 1.29 is 5.11 Å². The summed E-state index contributed by atoms with van der Waals surface area (Å²) in [5.41, 5.74) is 0. The summed E-state index contributed by atoms with van der Waals surface area (Å²) in [7, 11) is 0. The molecule has 0 heterocycles. The van der Waals surface area contributed by atoms with E-state index in [4.69, 9.17) is 5.11 Å². The SMILES string of the molecule is C=CCN(CCO)CCCCCCNC1CC1. The van der Waals surface area contributed by atoms with Crippen molar-refractivity contribution in [1.29, 1.82) is 0 Å². The molecule has 100 valence electrons. The van der Waals surface area contributed by atoms with Gasteiger partial charge < -0.3 is 10.4 Å². The molecule has 0 aliphatic heterocycles. The fourth-order valence-electron chi connectivity index (χ4n) is 2.03. The van der Waals surface area contributed by atoms with Crippen molar-refractivity contribution in [3.8, 4) is 0 Å². The molecule has 1 saturated carbocycles. The highest BCUT2D eigenvalue weighted by Crippen LogP contribution is 2.18. The van der Waals surface area contributed by atoms with Gasteiger partial charge in [-0.2, -0.15) is 0 Å². The molecular formula is C14H28N2O. The minimum atomic E-state index is 0.249. The van der Waals surface area contributed by atoms with Gasteiger partial charge in [0.1, 0.15) is 0 Å². The molecule has 2 N–H and O–H groups in total. The normalized spacial score (nSPS) is 15.4. The predicted molar refractivity (Wildman–Crippen MR) is 73.2 cm³/mol. The number of nitrogens with one attached hydrogen (secondary N) is 1. The second-order valence-corrected chi connectivity index (χ2v) is 4.96. The number of aliphatic hydroxyl groups is 1. The van der Waals surface area contributed by atoms with E-state index in [2.05, 4.69) is 16.8 Å². The summed E-state index contributed by atoms with van der Waals surface area (Å²) >= 11 is 0. The highest BCUT2D eigenvalue weighted by Gasteiger charge is 2.19. The maximum absolute atomic E-state index is 8.91. The van der Waals surface area contributed by atoms with Crippen LogP contribution in [0.2, 0.25) is 0 Å². The molecule has 0 radical (unpaired) electrons. The van der Waals surface area contributed by atoms with Crippen molar-refractivity contribution in [3.05, 3.63) is 12.7 Å². The van der Waals surface area contributed by atoms with E-state index in [1.165, 1.54) is 45.1 Å². The van der Waals surface area contributed by atoms with Gasteiger partial charge in [-0.3, -0.25) is 4.90 Å². The van der Waals surface area contributed by atoms with Gasteiger partial charge >= 0.3 is 0 Å². The summed E-state index contributed by atoms with van der Waals surface area (Å²) in [5, 5.41) is 12.4. The molecule has 17 heavy (non-hydrogen) atoms. The average Bonchev–Trinajstić information content (AvgIpc) is 3.12. The Morgan fingerprint density at radius 1 is 1.18 bits per heavy atom. The quantitative estimate of drug-likeness (QED) is 0.403. The summed E-state index contributed by atoms with van der Waals surface area (Å²) in [4.78, 5) is 2.26. The van der Waals surface area contributed by atoms with E-state index in [9.17, 15) is 0 Å². The third-order valence-corrected chi connectivity index (χ3v) is 3.22. The smallest absolute Gasteiger partial charge is 0.0558 e. The minimum Gasteiger partial charge on any atom is -0.395 e. The molecule has 0 aromatic heterocycles. The zero-order valence-electron chi connectivity index (χ0n) is 11.0. The van der Waals surface area contributed by atoms with Crippen LogP contribution in [0.3, 0.4) is 0 Å². The van der Waals surface area contributed by atoms with Crippen LogP contribution in [-0.4, -0.2) is 48.8 Å². The standard InChI is InChI=1S/C14H28N2O/c1-2-10-16(12-13-17)11-6-4-3-5-9-15-14-7-8-14/h2,14-15,17H,1,3-13H2. The van der Waals surface area contributed by atoms with E-state index >= 15 is 0 Å². The van der Waals surface area contributed by atoms with Gasteiger partial charge in [0.2, 0.25) is 0 Å². The van der Waals surface area contributed by atoms with Crippen LogP contribution in [0.5, 0.6) is 0 Å². The topological polar surface area (TPSA) is 35.5 Å². The zero-order valence-corrected chi connectivity index (χ0v) is 11.0. The van der Waals surface area contributed by atoms with Crippen LogP contribution in [0, 0.1) is 0 Å². The Balaban J connectivity index is 1.84. The molecule has 1 aliphatic rings. The Labute approximate surface area is 106 Å². The van der Waals surface area contributed by atoms with E-state index in [-0.39, 0.29) is 6.61 Å². The molecule has 0 saturated heterocycles. The first-order valence-corrected chi connectivity index (χ1v) is 7.04. The fraction of sp³-hybridized carbons (Fsp3) is 0.857. The van der Waals surface area contributed by atoms with Crippen LogP contribution in [0.4, 0.5) is 0 Å². The van der Waals surface area contributed by atoms with Gasteiger partial charge in [0.25, 0.3) is 0 Å². The van der Waals surface area contributed by atoms with Gasteiger partial charge in [0, 0.05) is 19.1 Å². The van der Waals surface area contributed by atoms with E-state index in [1.807, 2.05) is 6.08 Å². The second-order valence-electron chi connectivity index (χ2n) is 4.96. The lowest BCUT2D eigenvalue weighted by atomic mass is 10.2. The lowest BCUT2D eigenvalue weighted by molar-refractivity contribution is 0.206. The largest absolute Gasteiger partial charge is 0.395 e. The molecule has 0 atom stereocenters. The van der Waals surface area contributed by atoms with Crippen LogP contribution in [-0.2, 0) is 0 Å². The van der Waals surface area contributed by atoms with Crippen molar-refractivity contribution in [2.24, 2.45) is 0 Å². The Morgan fingerprint density at radius 2 is 1.94 bits per heavy atom. The molecule has 0 spiro atoms. The van der Waals surface area contributed by atoms with Crippen molar-refractivity contribution >= 4 is 0 Å². The molecule has 0 bridgehead atoms. The molecule has 3 nitrogen and oxygen atoms in total. The summed E-state index contributed by atoms with van der Waals surface area (Å²) in [5.74, 6) is 0. The monoisotopic (exact) mass is 240 g/mol. The lowest BCUT2D eigenvalue weighted by Crippen LogP contribution is -2.28. The number of unbranched alkanes of at least 4 members (excludes halogenated alkanes) is 3. The Hall–Kier alpha value is -0.380. The van der Waals surface area contributed by atoms with Crippen molar-refractivity contribution in [2.75, 3.05) is 32.8 Å². The lowest BCUT2D eigenvalue weighted by Gasteiger charge is -2.19. The predicted octanol–water partition coefficient (Wildman–Crippen LogP) is 1.78. The highest BCUT2D eigenvalue weighted by molar-refractivity contribution is 4.80. The summed E-state index contributed by atoms with van der Waals surface area (Å²) in [6.45, 7) is 7.94. The molecule has 1 fully saturated rings. The number of rotatable bonds is 12. The van der Waals surface area contributed by atoms with Crippen molar-refractivity contribution in [2.45, 2.75) is 44.6 Å². The van der Waals surface area contributed by atoms with Gasteiger partial charge in [-0.05, 0) is 38.8 Å². The molecule has 0 aromatic rings. The number of nitrogens with zero attached hydrogens (tertiary/aromatic N) is 1. The highest BCUT2D eigenvalue weighted by atomic mass is 16.3. The van der Waals surface area contributed by atoms with Crippen molar-refractivity contribution in [3.63, 3.8) is 0 Å². The average molecular weight is 240 g/mol. The second kappa shape index (κ2) is 9.63. The Morgan fingerprint density at radius 3 is 2.59 bits per heavy atom. The summed E-state index contributed by atoms with van der Waals surface area (Å²) in [6.07, 6.45) is 9.84. The van der Waals surface area contributed by atoms with Crippen LogP contribution in [0.15, 0.2) is 12.7 Å². The number of aliphatic hydroxyl groups excluding tert-OH is 1. The van der Waals surface area contributed by atoms with Gasteiger partial charge in [-0.1, -0.05) is 18.9 Å². The Bertz CT molecular complexity index is 193. The Kier molecular flexibility index (Phi) is 8.32. The molecule has 1 rings (SSSR count). The first-order chi connectivity index (χ1) is 8.36. The zero-order chi connectivity index (χ0) is 12.3. The first-order valence-electron chi connectivity index (χ1n) is 7.04. The van der Waals surface area contributed by atoms with E-state index in [0.717, 1.165) is 25.7 Å². The van der Waals surface area contributed by atoms with Crippen LogP contribution in [0.1, 0.15) is 38.5 Å². The van der Waals surface area contributed by atoms with Gasteiger partial charge in [0.15, 0.2) is 0 Å². The van der Waals surface area contributed by atoms with Crippen LogP contribution < -0.4 is 5.32 Å². The molecule has 3 heteroatoms. The maximum atomic E-state index is 8.91. The third kappa shape index (κ3) is 8.36. The van der Waals surface area contributed by atoms with Crippen molar-refractivity contribution in [1.82, 2.24) is 10.2 Å². The number of hydrogen-bond acceptors (Lipinski definition) is 3. The van der Waals surface area contributed by atoms with E-state index < -0.39 is 0 Å². The summed E-state index contributed by atoms with van der Waals surface area (Å²) < 4.78 is 0. The molecule has 0 aromatic carbocycles. The van der Waals surface area contributed by atoms with E-state index in [0.29, 0.717) is 0 Å². The molecule has 0 amide bonds. The molecule has 0 unspecified atom stereocenters. The third-order valence-electron chi connectivity index (χ3n) is 3.22. The summed E-state index contributed by atoms with van der Waals surface area (Å²) in [6, 6.07) is 0.850. The molecule has 1 aliphatic carbocycles. The minimum absolute atomic E-state index is 0.249. The van der Waals surface area contributed by atoms with Gasteiger partial charge in [-0.25, -0.2) is 0 Å². The van der Waals surface area contributed by atoms with Crippen LogP contribution in [0.25, 0.3) is 0 Å². The molecular weight excluding hydrogens is 212 g/mol. The first kappa shape index (κ1) is 14.7. The van der Waals surface area contributed by atoms with Gasteiger partial charge in [-0.15, -0.1) is 6.58 Å². The maximum Gasteiger partial charge on any atom is 0.0558 e. The number of hydrogen-bond donors (Lipinski definition) is 2. The van der Waals surface area contributed by atoms with Crippen LogP contribution >= 0.6 is 0 Å². The fourth-order valence-corrected chi connectivity index (χ4v) is 2.03. The van der Waals surface area contributed by atoms with E-state index in [1.54, 1.807) is 0 Å². The van der Waals surface area contributed by atoms with Gasteiger partial charge in [0.05, 0.1) is 6.61 Å².